The van der Waals surface area contributed by atoms with Crippen molar-refractivity contribution >= 4 is 0 Å². The molecule has 0 aliphatic carbocycles. The Morgan fingerprint density at radius 2 is 1.00 bits per heavy atom. The molecule has 0 heterocycles. The third kappa shape index (κ3) is 1.77. The Bertz CT molecular complexity index is 341. The first-order valence-corrected chi connectivity index (χ1v) is 4.64. The zero-order valence-electron chi connectivity index (χ0n) is 8.18. The number of benzene rings is 2. The van der Waals surface area contributed by atoms with Gasteiger partial charge in [-0.1, -0.05) is 36.4 Å². The third-order valence-corrected chi connectivity index (χ3v) is 2.19. The minimum atomic E-state index is 1.12. The topological polar surface area (TPSA) is 2.70 Å². The van der Waals surface area contributed by atoms with Crippen molar-refractivity contribution in [2.24, 2.45) is 0 Å². The maximum Gasteiger partial charge on any atom is 0.261 e. The summed E-state index contributed by atoms with van der Waals surface area (Å²) >= 11 is 0. The number of hydrogen-bond donors (Lipinski definition) is 0. The Balaban J connectivity index is 2.30. The summed E-state index contributed by atoms with van der Waals surface area (Å²) in [4.78, 5) is 0. The van der Waals surface area contributed by atoms with E-state index in [2.05, 4.69) is 28.6 Å². The predicted octanol–water partition coefficient (Wildman–Crippen LogP) is 3.64. The molecule has 0 aliphatic rings. The lowest BCUT2D eigenvalue weighted by Crippen LogP contribution is -2.05. The summed E-state index contributed by atoms with van der Waals surface area (Å²) < 4.78 is 3.01. The lowest BCUT2D eigenvalue weighted by molar-refractivity contribution is 0.175. The first-order valence-electron chi connectivity index (χ1n) is 4.64. The summed E-state index contributed by atoms with van der Waals surface area (Å²) in [5, 5.41) is 0. The van der Waals surface area contributed by atoms with E-state index in [1.54, 1.807) is 0 Å². The molecule has 70 valence electrons. The minimum absolute atomic E-state index is 1.12. The van der Waals surface area contributed by atoms with Gasteiger partial charge in [-0.3, -0.25) is 0 Å². The first-order chi connectivity index (χ1) is 6.88. The van der Waals surface area contributed by atoms with Gasteiger partial charge >= 0.3 is 0 Å². The second-order valence-electron chi connectivity index (χ2n) is 3.14. The average Bonchev–Trinajstić information content (AvgIpc) is 2.30. The van der Waals surface area contributed by atoms with Crippen LogP contribution in [0, 0.1) is 0 Å². The van der Waals surface area contributed by atoms with Crippen LogP contribution >= 0.6 is 0 Å². The van der Waals surface area contributed by atoms with Crippen molar-refractivity contribution in [3.8, 4) is 11.5 Å². The van der Waals surface area contributed by atoms with Gasteiger partial charge in [-0.25, -0.2) is 0 Å². The molecule has 0 unspecified atom stereocenters. The van der Waals surface area contributed by atoms with Crippen molar-refractivity contribution in [2.75, 3.05) is 7.11 Å². The molecule has 1 heteroatoms. The highest BCUT2D eigenvalue weighted by Crippen LogP contribution is 2.25. The van der Waals surface area contributed by atoms with E-state index in [1.807, 2.05) is 43.5 Å². The van der Waals surface area contributed by atoms with Crippen LogP contribution in [0.2, 0.25) is 0 Å². The normalized spacial score (nSPS) is 9.79. The zero-order valence-corrected chi connectivity index (χ0v) is 8.18. The van der Waals surface area contributed by atoms with Crippen LogP contribution in [-0.4, -0.2) is 7.11 Å². The highest BCUT2D eigenvalue weighted by Gasteiger charge is 2.07. The van der Waals surface area contributed by atoms with Gasteiger partial charge in [-0.2, -0.15) is 0 Å². The highest BCUT2D eigenvalue weighted by atomic mass is 16.7. The highest BCUT2D eigenvalue weighted by molar-refractivity contribution is 5.32. The molecule has 0 fully saturated rings. The average molecular weight is 185 g/mol. The van der Waals surface area contributed by atoms with E-state index in [-0.39, 0.29) is 0 Å². The van der Waals surface area contributed by atoms with Crippen LogP contribution < -0.4 is 4.37 Å². The summed E-state index contributed by atoms with van der Waals surface area (Å²) in [5.74, 6) is 2.25. The van der Waals surface area contributed by atoms with Gasteiger partial charge in [0.15, 0.2) is 7.11 Å². The molecule has 0 amide bonds. The maximum atomic E-state index is 3.01. The Hall–Kier alpha value is -1.76. The third-order valence-electron chi connectivity index (χ3n) is 2.19. The van der Waals surface area contributed by atoms with Crippen LogP contribution in [0.4, 0.5) is 0 Å². The van der Waals surface area contributed by atoms with Gasteiger partial charge in [0.25, 0.3) is 11.5 Å². The Labute approximate surface area is 84.3 Å². The fourth-order valence-corrected chi connectivity index (χ4v) is 1.39. The van der Waals surface area contributed by atoms with E-state index in [1.165, 1.54) is 0 Å². The molecular weight excluding hydrogens is 172 g/mol. The molecule has 0 saturated heterocycles. The monoisotopic (exact) mass is 185 g/mol. The summed E-state index contributed by atoms with van der Waals surface area (Å²) in [6.07, 6.45) is 0. The molecule has 0 N–H and O–H groups in total. The van der Waals surface area contributed by atoms with Gasteiger partial charge in [0.1, 0.15) is 0 Å². The quantitative estimate of drug-likeness (QED) is 0.628. The number of rotatable bonds is 2. The van der Waals surface area contributed by atoms with Crippen LogP contribution in [0.5, 0.6) is 11.5 Å². The van der Waals surface area contributed by atoms with Crippen molar-refractivity contribution < 1.29 is 4.37 Å². The fraction of sp³-hybridized carbons (Fsp3) is 0.0769. The summed E-state index contributed by atoms with van der Waals surface area (Å²) in [7, 11) is 1.99. The molecule has 0 spiro atoms. The summed E-state index contributed by atoms with van der Waals surface area (Å²) in [5.41, 5.74) is 0. The summed E-state index contributed by atoms with van der Waals surface area (Å²) in [6.45, 7) is 0. The van der Waals surface area contributed by atoms with Gasteiger partial charge in [0, 0.05) is 24.3 Å². The SMILES string of the molecule is C[O+](c1ccccc1)c1ccccc1. The molecule has 14 heavy (non-hydrogen) atoms. The molecule has 0 bridgehead atoms. The van der Waals surface area contributed by atoms with Crippen molar-refractivity contribution in [3.63, 3.8) is 0 Å². The molecule has 2 aromatic rings. The van der Waals surface area contributed by atoms with Crippen LogP contribution in [0.15, 0.2) is 60.7 Å². The fourth-order valence-electron chi connectivity index (χ4n) is 1.39. The van der Waals surface area contributed by atoms with Gasteiger partial charge in [0.2, 0.25) is 0 Å². The van der Waals surface area contributed by atoms with E-state index in [0.717, 1.165) is 11.5 Å². The van der Waals surface area contributed by atoms with Gasteiger partial charge in [0.05, 0.1) is 0 Å². The predicted molar refractivity (Wildman–Crippen MR) is 58.9 cm³/mol. The van der Waals surface area contributed by atoms with E-state index in [0.29, 0.717) is 0 Å². The van der Waals surface area contributed by atoms with E-state index in [4.69, 9.17) is 0 Å². The van der Waals surface area contributed by atoms with Gasteiger partial charge < -0.3 is 4.37 Å². The molecule has 0 aliphatic heterocycles. The number of hydrogen-bond acceptors (Lipinski definition) is 0. The van der Waals surface area contributed by atoms with Crippen molar-refractivity contribution in [1.29, 1.82) is 0 Å². The molecule has 1 nitrogen and oxygen atoms in total. The van der Waals surface area contributed by atoms with E-state index in [9.17, 15) is 0 Å². The standard InChI is InChI=1S/C13H13O/c1-14(12-8-4-2-5-9-12)13-10-6-3-7-11-13/h2-11H,1H3/q+1. The second-order valence-corrected chi connectivity index (χ2v) is 3.14. The van der Waals surface area contributed by atoms with E-state index < -0.39 is 0 Å². The minimum Gasteiger partial charge on any atom is -0.537 e. The van der Waals surface area contributed by atoms with Gasteiger partial charge in [-0.15, -0.1) is 0 Å². The molecular formula is C13H13O+. The van der Waals surface area contributed by atoms with Crippen LogP contribution in [0.1, 0.15) is 0 Å². The molecule has 0 saturated carbocycles. The van der Waals surface area contributed by atoms with E-state index >= 15 is 0 Å². The van der Waals surface area contributed by atoms with Gasteiger partial charge in [-0.05, 0) is 0 Å². The molecule has 2 aromatic carbocycles. The van der Waals surface area contributed by atoms with Crippen LogP contribution in [-0.2, 0) is 0 Å². The molecule has 2 rings (SSSR count). The van der Waals surface area contributed by atoms with Crippen molar-refractivity contribution in [2.45, 2.75) is 0 Å². The first kappa shape index (κ1) is 8.82. The van der Waals surface area contributed by atoms with Crippen molar-refractivity contribution in [3.05, 3.63) is 60.7 Å². The summed E-state index contributed by atoms with van der Waals surface area (Å²) in [6, 6.07) is 20.4. The Morgan fingerprint density at radius 3 is 1.36 bits per heavy atom. The second kappa shape index (κ2) is 3.97. The lowest BCUT2D eigenvalue weighted by Gasteiger charge is -2.17. The molecule has 0 aromatic heterocycles. The smallest absolute Gasteiger partial charge is 0.261 e. The van der Waals surface area contributed by atoms with Crippen LogP contribution in [0.3, 0.4) is 0 Å². The number of para-hydroxylation sites is 2. The van der Waals surface area contributed by atoms with Crippen LogP contribution in [0.25, 0.3) is 0 Å². The molecule has 0 radical (unpaired) electrons. The zero-order chi connectivity index (χ0) is 9.80. The van der Waals surface area contributed by atoms with Crippen molar-refractivity contribution in [1.82, 2.24) is 0 Å². The lowest BCUT2D eigenvalue weighted by atomic mass is 10.3. The Kier molecular flexibility index (Phi) is 2.50. The maximum absolute atomic E-state index is 3.01. The largest absolute Gasteiger partial charge is 0.537 e. The Morgan fingerprint density at radius 1 is 0.643 bits per heavy atom. The molecule has 0 atom stereocenters.